The molecule has 0 bridgehead atoms. The molecule has 6 heterocycles. The second-order valence-electron chi connectivity index (χ2n) is 36.0. The Labute approximate surface area is 604 Å². The molecule has 3 nitrogen and oxygen atoms in total. The van der Waals surface area contributed by atoms with Crippen LogP contribution in [0.3, 0.4) is 0 Å². The summed E-state index contributed by atoms with van der Waals surface area (Å²) in [4.78, 5) is 1.30. The van der Waals surface area contributed by atoms with E-state index in [9.17, 15) is 0 Å². The quantitative estimate of drug-likeness (QED) is 0.158. The third-order valence-electron chi connectivity index (χ3n) is 22.7. The molecule has 0 aliphatic carbocycles. The van der Waals surface area contributed by atoms with E-state index in [0.717, 1.165) is 5.69 Å². The van der Waals surface area contributed by atoms with Gasteiger partial charge in [0.05, 0.1) is 38.6 Å². The van der Waals surface area contributed by atoms with Gasteiger partial charge in [0, 0.05) is 75.2 Å². The average molecular weight is 1340 g/mol. The monoisotopic (exact) mass is 1340 g/mol. The van der Waals surface area contributed by atoms with Crippen molar-refractivity contribution in [3.05, 3.63) is 258 Å². The highest BCUT2D eigenvalue weighted by Gasteiger charge is 2.32. The standard InChI is InChI=1S/C98H91N3S/c1-93(2,3)65-39-59(40-66(53-65)94(4,5)6)62-47-74(58-35-36-82-75(46-58)72-31-22-24-33-81(72)99(82)71-30-26-29-57(45-71)56-27-20-19-21-28-56)89-76(48-62)77-49-63(60-41-67(95(7,8)9)54-68(42-60)96(10,11)12)51-79-87-83(100(89)90(77)79)37-38-84-88(87)80-52-64(61-43-69(97(13,14)15)55-70(44-61)98(16,17)18)50-78-86-73-32-23-25-34-85(73)102-92(86)101(84)91(78)80/h19-55H,1-18H3. The average Bonchev–Trinajstić information content (AvgIpc) is 1.50. The van der Waals surface area contributed by atoms with E-state index in [0.29, 0.717) is 0 Å². The van der Waals surface area contributed by atoms with Crippen LogP contribution in [0.2, 0.25) is 0 Å². The Bertz CT molecular complexity index is 6430. The number of hydrogen-bond acceptors (Lipinski definition) is 1. The first-order valence-corrected chi connectivity index (χ1v) is 37.7. The molecule has 4 heteroatoms. The summed E-state index contributed by atoms with van der Waals surface area (Å²) in [5.74, 6) is 0. The predicted molar refractivity (Wildman–Crippen MR) is 445 cm³/mol. The molecule has 18 rings (SSSR count). The van der Waals surface area contributed by atoms with Gasteiger partial charge in [0.2, 0.25) is 0 Å². The summed E-state index contributed by atoms with van der Waals surface area (Å²) >= 11 is 1.93. The number of nitrogens with zero attached hydrogens (tertiary/aromatic N) is 3. The second-order valence-corrected chi connectivity index (χ2v) is 37.0. The third kappa shape index (κ3) is 9.93. The molecule has 0 amide bonds. The highest BCUT2D eigenvalue weighted by molar-refractivity contribution is 7.25. The van der Waals surface area contributed by atoms with Gasteiger partial charge >= 0.3 is 0 Å². The van der Waals surface area contributed by atoms with Gasteiger partial charge in [0.25, 0.3) is 0 Å². The van der Waals surface area contributed by atoms with Crippen LogP contribution in [-0.4, -0.2) is 13.4 Å². The van der Waals surface area contributed by atoms with Crippen LogP contribution in [0, 0.1) is 0 Å². The fourth-order valence-corrected chi connectivity index (χ4v) is 18.1. The van der Waals surface area contributed by atoms with E-state index in [4.69, 9.17) is 0 Å². The number of aromatic nitrogens is 3. The Morgan fingerprint density at radius 2 is 0.627 bits per heavy atom. The number of rotatable bonds is 6. The largest absolute Gasteiger partial charge is 0.309 e. The fourth-order valence-electron chi connectivity index (χ4n) is 16.8. The Morgan fingerprint density at radius 1 is 0.235 bits per heavy atom. The lowest BCUT2D eigenvalue weighted by Crippen LogP contribution is -2.16. The minimum absolute atomic E-state index is 0.0530. The van der Waals surface area contributed by atoms with Crippen molar-refractivity contribution in [1.29, 1.82) is 0 Å². The summed E-state index contributed by atoms with van der Waals surface area (Å²) in [7, 11) is 0. The van der Waals surface area contributed by atoms with E-state index in [1.807, 2.05) is 11.3 Å². The zero-order chi connectivity index (χ0) is 71.0. The smallest absolute Gasteiger partial charge is 0.109 e. The van der Waals surface area contributed by atoms with E-state index < -0.39 is 0 Å². The van der Waals surface area contributed by atoms with Crippen LogP contribution in [-0.2, 0) is 32.5 Å². The van der Waals surface area contributed by atoms with Gasteiger partial charge in [-0.3, -0.25) is 4.40 Å². The molecule has 0 spiro atoms. The van der Waals surface area contributed by atoms with E-state index in [1.54, 1.807) is 0 Å². The number of thiophene rings is 1. The highest BCUT2D eigenvalue weighted by atomic mass is 32.1. The third-order valence-corrected chi connectivity index (χ3v) is 23.9. The maximum absolute atomic E-state index is 2.71. The van der Waals surface area contributed by atoms with Crippen molar-refractivity contribution in [2.45, 2.75) is 157 Å². The molecular weight excluding hydrogens is 1250 g/mol. The molecule has 6 aromatic heterocycles. The van der Waals surface area contributed by atoms with Crippen molar-refractivity contribution in [2.75, 3.05) is 0 Å². The van der Waals surface area contributed by atoms with Crippen LogP contribution in [0.5, 0.6) is 0 Å². The van der Waals surface area contributed by atoms with Crippen LogP contribution >= 0.6 is 11.3 Å². The van der Waals surface area contributed by atoms with E-state index in [1.165, 1.54) is 196 Å². The molecular formula is C98H91N3S. The molecule has 12 aromatic carbocycles. The van der Waals surface area contributed by atoms with Crippen LogP contribution in [0.15, 0.2) is 224 Å². The zero-order valence-electron chi connectivity index (χ0n) is 62.6. The minimum atomic E-state index is -0.0842. The number of para-hydroxylation sites is 1. The lowest BCUT2D eigenvalue weighted by atomic mass is 9.78. The molecule has 0 fully saturated rings. The molecule has 0 atom stereocenters. The van der Waals surface area contributed by atoms with E-state index in [2.05, 4.69) is 362 Å². The van der Waals surface area contributed by atoms with Crippen molar-refractivity contribution in [2.24, 2.45) is 0 Å². The first kappa shape index (κ1) is 64.1. The molecule has 0 N–H and O–H groups in total. The molecule has 18 aromatic rings. The molecule has 102 heavy (non-hydrogen) atoms. The van der Waals surface area contributed by atoms with Crippen LogP contribution in [0.1, 0.15) is 158 Å². The second kappa shape index (κ2) is 21.8. The summed E-state index contributed by atoms with van der Waals surface area (Å²) in [5.41, 5.74) is 29.7. The Morgan fingerprint density at radius 3 is 1.16 bits per heavy atom. The molecule has 0 radical (unpaired) electrons. The molecule has 0 saturated carbocycles. The van der Waals surface area contributed by atoms with Gasteiger partial charge in [-0.2, -0.15) is 0 Å². The first-order valence-electron chi connectivity index (χ1n) is 36.9. The topological polar surface area (TPSA) is 13.8 Å². The normalized spacial score (nSPS) is 13.4. The van der Waals surface area contributed by atoms with Gasteiger partial charge in [-0.15, -0.1) is 11.3 Å². The lowest BCUT2D eigenvalue weighted by Gasteiger charge is -2.26. The number of benzene rings is 12. The molecule has 0 saturated heterocycles. The van der Waals surface area contributed by atoms with Gasteiger partial charge in [-0.05, 0) is 201 Å². The first-order chi connectivity index (χ1) is 48.3. The lowest BCUT2D eigenvalue weighted by molar-refractivity contribution is 0.568. The maximum Gasteiger partial charge on any atom is 0.109 e. The summed E-state index contributed by atoms with van der Waals surface area (Å²) in [6.07, 6.45) is 0. The predicted octanol–water partition coefficient (Wildman–Crippen LogP) is 28.4. The molecule has 0 aliphatic rings. The van der Waals surface area contributed by atoms with Gasteiger partial charge in [0.15, 0.2) is 0 Å². The Kier molecular flexibility index (Phi) is 13.7. The molecule has 504 valence electrons. The van der Waals surface area contributed by atoms with Gasteiger partial charge < -0.3 is 8.97 Å². The van der Waals surface area contributed by atoms with Crippen molar-refractivity contribution in [3.63, 3.8) is 0 Å². The van der Waals surface area contributed by atoms with Crippen LogP contribution < -0.4 is 0 Å². The molecule has 0 unspecified atom stereocenters. The summed E-state index contributed by atoms with van der Waals surface area (Å²) in [6.45, 7) is 42.6. The van der Waals surface area contributed by atoms with Gasteiger partial charge in [-0.1, -0.05) is 264 Å². The number of hydrogen-bond donors (Lipinski definition) is 0. The minimum Gasteiger partial charge on any atom is -0.309 e. The molecule has 0 aliphatic heterocycles. The van der Waals surface area contributed by atoms with Gasteiger partial charge in [-0.25, -0.2) is 0 Å². The van der Waals surface area contributed by atoms with Crippen LogP contribution in [0.4, 0.5) is 0 Å². The van der Waals surface area contributed by atoms with E-state index in [-0.39, 0.29) is 32.5 Å². The van der Waals surface area contributed by atoms with Crippen LogP contribution in [0.25, 0.3) is 169 Å². The van der Waals surface area contributed by atoms with Crippen molar-refractivity contribution >= 4 is 119 Å². The maximum atomic E-state index is 2.71. The SMILES string of the molecule is CC(C)(C)c1cc(-c2cc(-c3ccc4c(c3)c3ccccc3n4-c3cccc(-c4ccccc4)c3)c3c(c2)c2cc(-c4cc(C(C)(C)C)cc(C(C)(C)C)c4)cc4c5c6c7cc(-c8cc(C(C)(C)C)cc(C(C)(C)C)c8)cc8c9c%10ccccc%10sc9n(c6ccc5n3c24)c78)cc(C(C)(C)C)c1. The summed E-state index contributed by atoms with van der Waals surface area (Å²) < 4.78 is 9.17. The highest BCUT2D eigenvalue weighted by Crippen LogP contribution is 2.54. The zero-order valence-corrected chi connectivity index (χ0v) is 63.4. The van der Waals surface area contributed by atoms with Gasteiger partial charge in [0.1, 0.15) is 4.83 Å². The van der Waals surface area contributed by atoms with Crippen molar-refractivity contribution in [1.82, 2.24) is 13.4 Å². The van der Waals surface area contributed by atoms with Crippen molar-refractivity contribution < 1.29 is 0 Å². The fraction of sp³-hybridized carbons (Fsp3) is 0.245. The Balaban J connectivity index is 1.02. The summed E-state index contributed by atoms with van der Waals surface area (Å²) in [6, 6.07) is 88.2. The Hall–Kier alpha value is -10.0. The number of fused-ring (bicyclic) bond motifs is 18. The van der Waals surface area contributed by atoms with Crippen molar-refractivity contribution in [3.8, 4) is 61.3 Å². The summed E-state index contributed by atoms with van der Waals surface area (Å²) in [5, 5.41) is 14.1. The van der Waals surface area contributed by atoms with E-state index >= 15 is 0 Å².